The van der Waals surface area contributed by atoms with E-state index in [2.05, 4.69) is 0 Å². The summed E-state index contributed by atoms with van der Waals surface area (Å²) < 4.78 is 0. The van der Waals surface area contributed by atoms with Crippen LogP contribution in [0.3, 0.4) is 0 Å². The smallest absolute Gasteiger partial charge is 0.261 e. The average molecular weight is 235 g/mol. The molecule has 2 atom stereocenters. The van der Waals surface area contributed by atoms with Gasteiger partial charge < -0.3 is 10.2 Å². The SMILES string of the molecule is CC(O)C(CO)N1C(=O)c2ccccc2C1=O. The second kappa shape index (κ2) is 4.27. The van der Waals surface area contributed by atoms with E-state index in [1.54, 1.807) is 24.3 Å². The Labute approximate surface area is 98.3 Å². The molecular formula is C12H13NO4. The van der Waals surface area contributed by atoms with E-state index in [4.69, 9.17) is 5.11 Å². The lowest BCUT2D eigenvalue weighted by Crippen LogP contribution is -2.48. The molecule has 0 spiro atoms. The van der Waals surface area contributed by atoms with Gasteiger partial charge in [-0.1, -0.05) is 12.1 Å². The normalized spacial score (nSPS) is 18.2. The summed E-state index contributed by atoms with van der Waals surface area (Å²) in [6.45, 7) is 0.980. The van der Waals surface area contributed by atoms with Crippen molar-refractivity contribution >= 4 is 11.8 Å². The molecule has 2 amide bonds. The average Bonchev–Trinajstić information content (AvgIpc) is 2.56. The molecule has 17 heavy (non-hydrogen) atoms. The Balaban J connectivity index is 2.42. The largest absolute Gasteiger partial charge is 0.394 e. The minimum Gasteiger partial charge on any atom is -0.394 e. The first-order valence-electron chi connectivity index (χ1n) is 5.33. The highest BCUT2D eigenvalue weighted by Gasteiger charge is 2.40. The van der Waals surface area contributed by atoms with Crippen LogP contribution in [0.25, 0.3) is 0 Å². The van der Waals surface area contributed by atoms with Crippen molar-refractivity contribution < 1.29 is 19.8 Å². The first-order valence-corrected chi connectivity index (χ1v) is 5.33. The van der Waals surface area contributed by atoms with Crippen LogP contribution in [-0.2, 0) is 0 Å². The highest BCUT2D eigenvalue weighted by molar-refractivity contribution is 6.21. The Morgan fingerprint density at radius 3 is 2.00 bits per heavy atom. The van der Waals surface area contributed by atoms with Gasteiger partial charge in [-0.2, -0.15) is 0 Å². The number of carbonyl (C=O) groups excluding carboxylic acids is 2. The topological polar surface area (TPSA) is 77.8 Å². The number of rotatable bonds is 3. The highest BCUT2D eigenvalue weighted by Crippen LogP contribution is 2.25. The third-order valence-corrected chi connectivity index (χ3v) is 2.90. The Kier molecular flexibility index (Phi) is 2.95. The van der Waals surface area contributed by atoms with Gasteiger partial charge in [-0.3, -0.25) is 14.5 Å². The number of hydrogen-bond donors (Lipinski definition) is 2. The molecule has 0 aromatic heterocycles. The second-order valence-electron chi connectivity index (χ2n) is 4.02. The van der Waals surface area contributed by atoms with Crippen molar-refractivity contribution in [3.8, 4) is 0 Å². The maximum atomic E-state index is 12.0. The summed E-state index contributed by atoms with van der Waals surface area (Å²) in [7, 11) is 0. The molecule has 0 saturated heterocycles. The van der Waals surface area contributed by atoms with E-state index in [0.717, 1.165) is 4.90 Å². The van der Waals surface area contributed by atoms with Crippen LogP contribution >= 0.6 is 0 Å². The minimum absolute atomic E-state index is 0.316. The number of nitrogens with zero attached hydrogens (tertiary/aromatic N) is 1. The molecule has 2 unspecified atom stereocenters. The van der Waals surface area contributed by atoms with Crippen molar-refractivity contribution in [1.82, 2.24) is 4.90 Å². The minimum atomic E-state index is -0.970. The van der Waals surface area contributed by atoms with Gasteiger partial charge in [-0.25, -0.2) is 0 Å². The molecule has 1 aliphatic heterocycles. The lowest BCUT2D eigenvalue weighted by atomic mass is 10.1. The molecule has 5 nitrogen and oxygen atoms in total. The maximum Gasteiger partial charge on any atom is 0.261 e. The lowest BCUT2D eigenvalue weighted by Gasteiger charge is -2.26. The molecule has 1 aliphatic rings. The van der Waals surface area contributed by atoms with Crippen LogP contribution < -0.4 is 0 Å². The predicted molar refractivity (Wildman–Crippen MR) is 59.5 cm³/mol. The Morgan fingerprint density at radius 2 is 1.65 bits per heavy atom. The predicted octanol–water partition coefficient (Wildman–Crippen LogP) is 0.0243. The van der Waals surface area contributed by atoms with Crippen LogP contribution in [0.5, 0.6) is 0 Å². The van der Waals surface area contributed by atoms with Gasteiger partial charge in [0, 0.05) is 0 Å². The lowest BCUT2D eigenvalue weighted by molar-refractivity contribution is 0.0230. The van der Waals surface area contributed by atoms with Gasteiger partial charge in [0.1, 0.15) is 0 Å². The van der Waals surface area contributed by atoms with Crippen LogP contribution in [0.1, 0.15) is 27.6 Å². The monoisotopic (exact) mass is 235 g/mol. The molecule has 1 aromatic carbocycles. The molecule has 0 fully saturated rings. The van der Waals surface area contributed by atoms with Crippen LogP contribution in [0, 0.1) is 0 Å². The van der Waals surface area contributed by atoms with Crippen molar-refractivity contribution in [2.45, 2.75) is 19.1 Å². The van der Waals surface area contributed by atoms with E-state index in [1.165, 1.54) is 6.92 Å². The summed E-state index contributed by atoms with van der Waals surface area (Å²) in [5.74, 6) is -0.934. The summed E-state index contributed by atoms with van der Waals surface area (Å²) in [6.07, 6.45) is -0.970. The van der Waals surface area contributed by atoms with E-state index in [-0.39, 0.29) is 0 Å². The number of carbonyl (C=O) groups is 2. The first-order chi connectivity index (χ1) is 8.07. The zero-order valence-electron chi connectivity index (χ0n) is 9.33. The Morgan fingerprint density at radius 1 is 1.18 bits per heavy atom. The molecule has 0 bridgehead atoms. The fraction of sp³-hybridized carbons (Fsp3) is 0.333. The zero-order valence-corrected chi connectivity index (χ0v) is 9.33. The van der Waals surface area contributed by atoms with Crippen LogP contribution in [0.15, 0.2) is 24.3 Å². The van der Waals surface area contributed by atoms with Crippen molar-refractivity contribution in [3.05, 3.63) is 35.4 Å². The maximum absolute atomic E-state index is 12.0. The van der Waals surface area contributed by atoms with Crippen LogP contribution in [-0.4, -0.2) is 45.7 Å². The summed E-state index contributed by atoms with van der Waals surface area (Å²) in [4.78, 5) is 24.9. The highest BCUT2D eigenvalue weighted by atomic mass is 16.3. The number of aliphatic hydroxyl groups excluding tert-OH is 2. The summed E-state index contributed by atoms with van der Waals surface area (Å²) in [6, 6.07) is 5.56. The van der Waals surface area contributed by atoms with Gasteiger partial charge >= 0.3 is 0 Å². The van der Waals surface area contributed by atoms with E-state index < -0.39 is 30.6 Å². The van der Waals surface area contributed by atoms with Crippen molar-refractivity contribution in [2.24, 2.45) is 0 Å². The van der Waals surface area contributed by atoms with Gasteiger partial charge in [-0.05, 0) is 19.1 Å². The number of imide groups is 1. The molecule has 2 rings (SSSR count). The molecular weight excluding hydrogens is 222 g/mol. The van der Waals surface area contributed by atoms with Crippen molar-refractivity contribution in [2.75, 3.05) is 6.61 Å². The van der Waals surface area contributed by atoms with Crippen molar-refractivity contribution in [1.29, 1.82) is 0 Å². The summed E-state index contributed by atoms with van der Waals surface area (Å²) in [5.41, 5.74) is 0.633. The van der Waals surface area contributed by atoms with Gasteiger partial charge in [0.2, 0.25) is 0 Å². The van der Waals surface area contributed by atoms with Gasteiger partial charge in [0.05, 0.1) is 29.9 Å². The van der Waals surface area contributed by atoms with E-state index >= 15 is 0 Å². The molecule has 1 aromatic rings. The molecule has 1 heterocycles. The number of fused-ring (bicyclic) bond motifs is 1. The molecule has 0 radical (unpaired) electrons. The first kappa shape index (κ1) is 11.8. The number of hydrogen-bond acceptors (Lipinski definition) is 4. The third kappa shape index (κ3) is 1.73. The van der Waals surface area contributed by atoms with Crippen LogP contribution in [0.4, 0.5) is 0 Å². The van der Waals surface area contributed by atoms with Gasteiger partial charge in [0.25, 0.3) is 11.8 Å². The molecule has 5 heteroatoms. The Bertz CT molecular complexity index is 434. The molecule has 0 aliphatic carbocycles. The fourth-order valence-electron chi connectivity index (χ4n) is 1.96. The second-order valence-corrected chi connectivity index (χ2v) is 4.02. The zero-order chi connectivity index (χ0) is 12.6. The number of aliphatic hydroxyl groups is 2. The van der Waals surface area contributed by atoms with Crippen LogP contribution in [0.2, 0.25) is 0 Å². The third-order valence-electron chi connectivity index (χ3n) is 2.90. The fourth-order valence-corrected chi connectivity index (χ4v) is 1.96. The van der Waals surface area contributed by atoms with Gasteiger partial charge in [0.15, 0.2) is 0 Å². The van der Waals surface area contributed by atoms with E-state index in [9.17, 15) is 14.7 Å². The molecule has 90 valence electrons. The van der Waals surface area contributed by atoms with Gasteiger partial charge in [-0.15, -0.1) is 0 Å². The van der Waals surface area contributed by atoms with E-state index in [0.29, 0.717) is 11.1 Å². The number of benzene rings is 1. The quantitative estimate of drug-likeness (QED) is 0.724. The number of amides is 2. The molecule has 0 saturated carbocycles. The summed E-state index contributed by atoms with van der Waals surface area (Å²) >= 11 is 0. The molecule has 2 N–H and O–H groups in total. The Hall–Kier alpha value is -1.72. The standard InChI is InChI=1S/C12H13NO4/c1-7(15)10(6-14)13-11(16)8-4-2-3-5-9(8)12(13)17/h2-5,7,10,14-15H,6H2,1H3. The van der Waals surface area contributed by atoms with E-state index in [1.807, 2.05) is 0 Å². The summed E-state index contributed by atoms with van der Waals surface area (Å²) in [5, 5.41) is 18.6. The van der Waals surface area contributed by atoms with Crippen molar-refractivity contribution in [3.63, 3.8) is 0 Å².